The van der Waals surface area contributed by atoms with E-state index in [0.717, 1.165) is 6.42 Å². The van der Waals surface area contributed by atoms with Crippen molar-refractivity contribution < 1.29 is 23.0 Å². The molecule has 0 aromatic carbocycles. The Kier molecular flexibility index (Phi) is 6.92. The van der Waals surface area contributed by atoms with Crippen LogP contribution in [-0.2, 0) is 4.74 Å². The SMILES string of the molecule is CCCOCCCC[C@@H](O)C(F)(F)F. The molecule has 0 aromatic rings. The molecule has 0 saturated heterocycles. The lowest BCUT2D eigenvalue weighted by Gasteiger charge is -2.13. The number of aliphatic hydroxyl groups excluding tert-OH is 1. The van der Waals surface area contributed by atoms with Gasteiger partial charge < -0.3 is 9.84 Å². The molecular weight excluding hydrogens is 197 g/mol. The maximum Gasteiger partial charge on any atom is 0.414 e. The Morgan fingerprint density at radius 3 is 2.36 bits per heavy atom. The van der Waals surface area contributed by atoms with Gasteiger partial charge in [0.1, 0.15) is 6.10 Å². The van der Waals surface area contributed by atoms with E-state index in [1.165, 1.54) is 0 Å². The van der Waals surface area contributed by atoms with Gasteiger partial charge in [-0.1, -0.05) is 6.92 Å². The summed E-state index contributed by atoms with van der Waals surface area (Å²) in [7, 11) is 0. The fourth-order valence-corrected chi connectivity index (χ4v) is 0.952. The number of hydrogen-bond donors (Lipinski definition) is 1. The van der Waals surface area contributed by atoms with E-state index in [-0.39, 0.29) is 6.42 Å². The van der Waals surface area contributed by atoms with E-state index in [4.69, 9.17) is 9.84 Å². The molecule has 0 fully saturated rings. The lowest BCUT2D eigenvalue weighted by atomic mass is 10.1. The number of ether oxygens (including phenoxy) is 1. The molecule has 0 heterocycles. The molecule has 0 saturated carbocycles. The average molecular weight is 214 g/mol. The van der Waals surface area contributed by atoms with Gasteiger partial charge in [-0.3, -0.25) is 0 Å². The number of alkyl halides is 3. The third kappa shape index (κ3) is 7.15. The first-order valence-electron chi connectivity index (χ1n) is 4.81. The summed E-state index contributed by atoms with van der Waals surface area (Å²) in [4.78, 5) is 0. The molecule has 1 N–H and O–H groups in total. The number of hydrogen-bond acceptors (Lipinski definition) is 2. The number of halogens is 3. The first kappa shape index (κ1) is 13.7. The van der Waals surface area contributed by atoms with Gasteiger partial charge in [-0.05, 0) is 25.7 Å². The minimum Gasteiger partial charge on any atom is -0.384 e. The zero-order chi connectivity index (χ0) is 11.0. The number of rotatable bonds is 7. The lowest BCUT2D eigenvalue weighted by molar-refractivity contribution is -0.205. The van der Waals surface area contributed by atoms with Crippen LogP contribution in [0.4, 0.5) is 13.2 Å². The molecule has 0 unspecified atom stereocenters. The molecule has 5 heteroatoms. The number of unbranched alkanes of at least 4 members (excludes halogenated alkanes) is 1. The zero-order valence-corrected chi connectivity index (χ0v) is 8.31. The van der Waals surface area contributed by atoms with E-state index in [1.54, 1.807) is 0 Å². The smallest absolute Gasteiger partial charge is 0.384 e. The highest BCUT2D eigenvalue weighted by atomic mass is 19.4. The van der Waals surface area contributed by atoms with Crippen LogP contribution in [0.5, 0.6) is 0 Å². The first-order chi connectivity index (χ1) is 6.48. The normalized spacial score (nSPS) is 14.4. The van der Waals surface area contributed by atoms with Crippen LogP contribution in [0.3, 0.4) is 0 Å². The van der Waals surface area contributed by atoms with Gasteiger partial charge in [0.25, 0.3) is 0 Å². The van der Waals surface area contributed by atoms with E-state index in [2.05, 4.69) is 0 Å². The van der Waals surface area contributed by atoms with Gasteiger partial charge in [0.2, 0.25) is 0 Å². The summed E-state index contributed by atoms with van der Waals surface area (Å²) in [6.07, 6.45) is -5.10. The molecule has 2 nitrogen and oxygen atoms in total. The van der Waals surface area contributed by atoms with E-state index in [0.29, 0.717) is 26.1 Å². The predicted molar refractivity (Wildman–Crippen MR) is 47.0 cm³/mol. The number of aliphatic hydroxyl groups is 1. The lowest BCUT2D eigenvalue weighted by Crippen LogP contribution is -2.28. The molecule has 0 aromatic heterocycles. The minimum atomic E-state index is -4.48. The Morgan fingerprint density at radius 1 is 1.21 bits per heavy atom. The molecule has 0 aliphatic rings. The summed E-state index contributed by atoms with van der Waals surface area (Å²) in [6.45, 7) is 3.08. The molecule has 1 atom stereocenters. The van der Waals surface area contributed by atoms with Crippen molar-refractivity contribution in [2.45, 2.75) is 44.9 Å². The minimum absolute atomic E-state index is 0.237. The van der Waals surface area contributed by atoms with Crippen LogP contribution in [0.1, 0.15) is 32.6 Å². The van der Waals surface area contributed by atoms with Gasteiger partial charge in [0.05, 0.1) is 0 Å². The fraction of sp³-hybridized carbons (Fsp3) is 1.00. The van der Waals surface area contributed by atoms with Crippen molar-refractivity contribution in [3.8, 4) is 0 Å². The fourth-order valence-electron chi connectivity index (χ4n) is 0.952. The molecule has 0 radical (unpaired) electrons. The summed E-state index contributed by atoms with van der Waals surface area (Å²) in [6, 6.07) is 0. The highest BCUT2D eigenvalue weighted by molar-refractivity contribution is 4.64. The van der Waals surface area contributed by atoms with Gasteiger partial charge in [-0.2, -0.15) is 13.2 Å². The molecule has 0 aliphatic heterocycles. The van der Waals surface area contributed by atoms with Crippen LogP contribution in [0, 0.1) is 0 Å². The van der Waals surface area contributed by atoms with Gasteiger partial charge in [-0.15, -0.1) is 0 Å². The van der Waals surface area contributed by atoms with E-state index in [9.17, 15) is 13.2 Å². The third-order valence-electron chi connectivity index (χ3n) is 1.74. The molecular formula is C9H17F3O2. The molecule has 0 amide bonds. The van der Waals surface area contributed by atoms with Crippen molar-refractivity contribution >= 4 is 0 Å². The predicted octanol–water partition coefficient (Wildman–Crippen LogP) is 2.51. The van der Waals surface area contributed by atoms with Crippen LogP contribution >= 0.6 is 0 Å². The zero-order valence-electron chi connectivity index (χ0n) is 8.31. The van der Waals surface area contributed by atoms with Crippen molar-refractivity contribution in [3.63, 3.8) is 0 Å². The van der Waals surface area contributed by atoms with Crippen LogP contribution in [-0.4, -0.2) is 30.6 Å². The van der Waals surface area contributed by atoms with Crippen LogP contribution in [0.25, 0.3) is 0 Å². The monoisotopic (exact) mass is 214 g/mol. The molecule has 0 spiro atoms. The van der Waals surface area contributed by atoms with E-state index in [1.807, 2.05) is 6.92 Å². The quantitative estimate of drug-likeness (QED) is 0.660. The Labute approximate surface area is 82.1 Å². The van der Waals surface area contributed by atoms with Crippen LogP contribution in [0.15, 0.2) is 0 Å². The Hall–Kier alpha value is -0.290. The van der Waals surface area contributed by atoms with Crippen molar-refractivity contribution in [1.82, 2.24) is 0 Å². The standard InChI is InChI=1S/C9H17F3O2/c1-2-6-14-7-4-3-5-8(13)9(10,11)12/h8,13H,2-7H2,1H3/t8-/m1/s1. The summed E-state index contributed by atoms with van der Waals surface area (Å²) >= 11 is 0. The van der Waals surface area contributed by atoms with Crippen LogP contribution < -0.4 is 0 Å². The van der Waals surface area contributed by atoms with Gasteiger partial charge in [-0.25, -0.2) is 0 Å². The summed E-state index contributed by atoms with van der Waals surface area (Å²) in [5.41, 5.74) is 0. The van der Waals surface area contributed by atoms with Gasteiger partial charge >= 0.3 is 6.18 Å². The van der Waals surface area contributed by atoms with Gasteiger partial charge in [0.15, 0.2) is 0 Å². The third-order valence-corrected chi connectivity index (χ3v) is 1.74. The summed E-state index contributed by atoms with van der Waals surface area (Å²) in [5.74, 6) is 0. The van der Waals surface area contributed by atoms with E-state index >= 15 is 0 Å². The second-order valence-electron chi connectivity index (χ2n) is 3.17. The molecule has 0 bridgehead atoms. The second kappa shape index (κ2) is 7.06. The molecule has 0 aliphatic carbocycles. The maximum atomic E-state index is 11.8. The van der Waals surface area contributed by atoms with Crippen LogP contribution in [0.2, 0.25) is 0 Å². The highest BCUT2D eigenvalue weighted by Crippen LogP contribution is 2.23. The van der Waals surface area contributed by atoms with Gasteiger partial charge in [0, 0.05) is 13.2 Å². The Balaban J connectivity index is 3.28. The largest absolute Gasteiger partial charge is 0.414 e. The van der Waals surface area contributed by atoms with Crippen molar-refractivity contribution in [2.75, 3.05) is 13.2 Å². The topological polar surface area (TPSA) is 29.5 Å². The Bertz CT molecular complexity index is 137. The summed E-state index contributed by atoms with van der Waals surface area (Å²) < 4.78 is 40.5. The van der Waals surface area contributed by atoms with Crippen molar-refractivity contribution in [2.24, 2.45) is 0 Å². The van der Waals surface area contributed by atoms with Crippen molar-refractivity contribution in [1.29, 1.82) is 0 Å². The highest BCUT2D eigenvalue weighted by Gasteiger charge is 2.37. The first-order valence-corrected chi connectivity index (χ1v) is 4.81. The molecule has 86 valence electrons. The maximum absolute atomic E-state index is 11.8. The second-order valence-corrected chi connectivity index (χ2v) is 3.17. The van der Waals surface area contributed by atoms with E-state index < -0.39 is 12.3 Å². The molecule has 14 heavy (non-hydrogen) atoms. The average Bonchev–Trinajstić information content (AvgIpc) is 2.09. The summed E-state index contributed by atoms with van der Waals surface area (Å²) in [5, 5.41) is 8.62. The Morgan fingerprint density at radius 2 is 1.86 bits per heavy atom. The van der Waals surface area contributed by atoms with Crippen molar-refractivity contribution in [3.05, 3.63) is 0 Å². The molecule has 0 rings (SSSR count).